The molecule has 1 aliphatic carbocycles. The largest absolute Gasteiger partial charge is 0.355 e. The standard InChI is InChI=1S/C29H43N3/c1-6-7-8-18-30-23-11-10-19-32(21-23)27-13-9-12-26(31-27)22-14-15-24-25(20-22)29(4,5)17-16-28(24,2)3/h9,12-15,20,23,30H,6-8,10-11,16-19,21H2,1-5H3. The zero-order chi connectivity index (χ0) is 22.8. The number of nitrogens with zero attached hydrogens (tertiary/aromatic N) is 2. The van der Waals surface area contributed by atoms with Crippen molar-refractivity contribution in [2.45, 2.75) is 96.4 Å². The highest BCUT2D eigenvalue weighted by Crippen LogP contribution is 2.46. The van der Waals surface area contributed by atoms with Crippen molar-refractivity contribution < 1.29 is 0 Å². The summed E-state index contributed by atoms with van der Waals surface area (Å²) in [6.45, 7) is 15.2. The molecular weight excluding hydrogens is 390 g/mol. The summed E-state index contributed by atoms with van der Waals surface area (Å²) in [4.78, 5) is 7.62. The summed E-state index contributed by atoms with van der Waals surface area (Å²) in [5, 5.41) is 3.78. The molecule has 2 aromatic rings. The Morgan fingerprint density at radius 3 is 2.56 bits per heavy atom. The Hall–Kier alpha value is -1.87. The Morgan fingerprint density at radius 2 is 1.78 bits per heavy atom. The molecule has 0 amide bonds. The quantitative estimate of drug-likeness (QED) is 0.484. The third-order valence-electron chi connectivity index (χ3n) is 7.84. The maximum atomic E-state index is 5.14. The van der Waals surface area contributed by atoms with Crippen LogP contribution in [-0.4, -0.2) is 30.7 Å². The first-order valence-electron chi connectivity index (χ1n) is 12.9. The van der Waals surface area contributed by atoms with E-state index >= 15 is 0 Å². The first-order valence-corrected chi connectivity index (χ1v) is 12.9. The van der Waals surface area contributed by atoms with Gasteiger partial charge in [0, 0.05) is 24.7 Å². The maximum absolute atomic E-state index is 5.14. The second-order valence-electron chi connectivity index (χ2n) is 11.4. The predicted octanol–water partition coefficient (Wildman–Crippen LogP) is 6.85. The fourth-order valence-corrected chi connectivity index (χ4v) is 5.54. The molecule has 3 heteroatoms. The van der Waals surface area contributed by atoms with Crippen LogP contribution in [-0.2, 0) is 10.8 Å². The molecule has 1 atom stereocenters. The van der Waals surface area contributed by atoms with E-state index in [0.717, 1.165) is 31.1 Å². The van der Waals surface area contributed by atoms with E-state index in [1.165, 1.54) is 61.6 Å². The van der Waals surface area contributed by atoms with E-state index in [0.29, 0.717) is 6.04 Å². The molecule has 1 saturated heterocycles. The molecule has 1 fully saturated rings. The van der Waals surface area contributed by atoms with Gasteiger partial charge >= 0.3 is 0 Å². The van der Waals surface area contributed by atoms with Crippen molar-refractivity contribution in [1.82, 2.24) is 10.3 Å². The van der Waals surface area contributed by atoms with Crippen molar-refractivity contribution in [2.24, 2.45) is 0 Å². The first-order chi connectivity index (χ1) is 15.3. The lowest BCUT2D eigenvalue weighted by Crippen LogP contribution is -2.46. The van der Waals surface area contributed by atoms with Gasteiger partial charge in [-0.25, -0.2) is 4.98 Å². The molecular formula is C29H43N3. The van der Waals surface area contributed by atoms with Gasteiger partial charge in [-0.3, -0.25) is 0 Å². The molecule has 1 unspecified atom stereocenters. The number of pyridine rings is 1. The molecule has 1 N–H and O–H groups in total. The van der Waals surface area contributed by atoms with Crippen LogP contribution in [0, 0.1) is 0 Å². The summed E-state index contributed by atoms with van der Waals surface area (Å²) in [6.07, 6.45) is 8.89. The summed E-state index contributed by atoms with van der Waals surface area (Å²) in [6, 6.07) is 14.2. The van der Waals surface area contributed by atoms with Crippen LogP contribution in [0.1, 0.15) is 90.7 Å². The minimum Gasteiger partial charge on any atom is -0.355 e. The normalized spacial score (nSPS) is 21.9. The molecule has 1 aromatic carbocycles. The minimum absolute atomic E-state index is 0.224. The van der Waals surface area contributed by atoms with Crippen LogP contribution in [0.2, 0.25) is 0 Å². The highest BCUT2D eigenvalue weighted by Gasteiger charge is 2.37. The van der Waals surface area contributed by atoms with Crippen molar-refractivity contribution in [2.75, 3.05) is 24.5 Å². The van der Waals surface area contributed by atoms with Gasteiger partial charge in [0.15, 0.2) is 0 Å². The molecule has 32 heavy (non-hydrogen) atoms. The Morgan fingerprint density at radius 1 is 1.00 bits per heavy atom. The number of fused-ring (bicyclic) bond motifs is 1. The lowest BCUT2D eigenvalue weighted by Gasteiger charge is -2.42. The lowest BCUT2D eigenvalue weighted by atomic mass is 9.63. The van der Waals surface area contributed by atoms with Gasteiger partial charge in [-0.1, -0.05) is 65.7 Å². The Kier molecular flexibility index (Phi) is 6.95. The molecule has 0 saturated carbocycles. The van der Waals surface area contributed by atoms with Crippen LogP contribution in [0.15, 0.2) is 36.4 Å². The molecule has 0 spiro atoms. The third kappa shape index (κ3) is 5.03. The van der Waals surface area contributed by atoms with Crippen molar-refractivity contribution in [3.63, 3.8) is 0 Å². The van der Waals surface area contributed by atoms with Crippen LogP contribution < -0.4 is 10.2 Å². The Bertz CT molecular complexity index is 914. The molecule has 2 heterocycles. The molecule has 0 bridgehead atoms. The third-order valence-corrected chi connectivity index (χ3v) is 7.84. The molecule has 3 nitrogen and oxygen atoms in total. The number of hydrogen-bond donors (Lipinski definition) is 1. The van der Waals surface area contributed by atoms with Crippen LogP contribution in [0.25, 0.3) is 11.3 Å². The number of rotatable bonds is 7. The van der Waals surface area contributed by atoms with Crippen molar-refractivity contribution in [3.05, 3.63) is 47.5 Å². The van der Waals surface area contributed by atoms with E-state index in [2.05, 4.69) is 81.2 Å². The highest BCUT2D eigenvalue weighted by molar-refractivity contribution is 5.65. The van der Waals surface area contributed by atoms with E-state index in [4.69, 9.17) is 4.98 Å². The second kappa shape index (κ2) is 9.55. The van der Waals surface area contributed by atoms with Gasteiger partial charge in [0.05, 0.1) is 5.69 Å². The summed E-state index contributed by atoms with van der Waals surface area (Å²) in [5.74, 6) is 1.12. The minimum atomic E-state index is 0.224. The van der Waals surface area contributed by atoms with E-state index < -0.39 is 0 Å². The highest BCUT2D eigenvalue weighted by atomic mass is 15.2. The van der Waals surface area contributed by atoms with Crippen LogP contribution in [0.4, 0.5) is 5.82 Å². The summed E-state index contributed by atoms with van der Waals surface area (Å²) < 4.78 is 0. The topological polar surface area (TPSA) is 28.2 Å². The molecule has 1 aromatic heterocycles. The van der Waals surface area contributed by atoms with Gasteiger partial charge in [-0.05, 0) is 78.8 Å². The first kappa shape index (κ1) is 23.3. The number of anilines is 1. The maximum Gasteiger partial charge on any atom is 0.129 e. The van der Waals surface area contributed by atoms with Crippen LogP contribution >= 0.6 is 0 Å². The molecule has 2 aliphatic rings. The monoisotopic (exact) mass is 433 g/mol. The summed E-state index contributed by atoms with van der Waals surface area (Å²) >= 11 is 0. The van der Waals surface area contributed by atoms with Crippen LogP contribution in [0.3, 0.4) is 0 Å². The fourth-order valence-electron chi connectivity index (χ4n) is 5.54. The number of aromatic nitrogens is 1. The van der Waals surface area contributed by atoms with Crippen molar-refractivity contribution in [1.29, 1.82) is 0 Å². The van der Waals surface area contributed by atoms with Crippen LogP contribution in [0.5, 0.6) is 0 Å². The van der Waals surface area contributed by atoms with E-state index in [9.17, 15) is 0 Å². The van der Waals surface area contributed by atoms with Gasteiger partial charge in [0.2, 0.25) is 0 Å². The smallest absolute Gasteiger partial charge is 0.129 e. The second-order valence-corrected chi connectivity index (χ2v) is 11.4. The van der Waals surface area contributed by atoms with Crippen molar-refractivity contribution in [3.8, 4) is 11.3 Å². The summed E-state index contributed by atoms with van der Waals surface area (Å²) in [5.41, 5.74) is 5.85. The van der Waals surface area contributed by atoms with E-state index in [1.54, 1.807) is 0 Å². The molecule has 4 rings (SSSR count). The fraction of sp³-hybridized carbons (Fsp3) is 0.621. The van der Waals surface area contributed by atoms with Gasteiger partial charge in [-0.15, -0.1) is 0 Å². The lowest BCUT2D eigenvalue weighted by molar-refractivity contribution is 0.332. The zero-order valence-corrected chi connectivity index (χ0v) is 21.0. The van der Waals surface area contributed by atoms with Crippen molar-refractivity contribution >= 4 is 5.82 Å². The number of benzene rings is 1. The van der Waals surface area contributed by atoms with Gasteiger partial charge < -0.3 is 10.2 Å². The van der Waals surface area contributed by atoms with Gasteiger partial charge in [0.25, 0.3) is 0 Å². The average molecular weight is 434 g/mol. The summed E-state index contributed by atoms with van der Waals surface area (Å²) in [7, 11) is 0. The van der Waals surface area contributed by atoms with E-state index in [1.807, 2.05) is 0 Å². The number of piperidine rings is 1. The SMILES string of the molecule is CCCCCNC1CCCN(c2cccc(-c3ccc4c(c3)C(C)(C)CCC4(C)C)n2)C1. The molecule has 0 radical (unpaired) electrons. The number of unbranched alkanes of at least 4 members (excludes halogenated alkanes) is 2. The van der Waals surface area contributed by atoms with E-state index in [-0.39, 0.29) is 10.8 Å². The number of hydrogen-bond acceptors (Lipinski definition) is 3. The van der Waals surface area contributed by atoms with Gasteiger partial charge in [0.1, 0.15) is 5.82 Å². The van der Waals surface area contributed by atoms with Gasteiger partial charge in [-0.2, -0.15) is 0 Å². The molecule has 174 valence electrons. The Labute approximate surface area is 196 Å². The molecule has 1 aliphatic heterocycles. The predicted molar refractivity (Wildman–Crippen MR) is 138 cm³/mol. The zero-order valence-electron chi connectivity index (χ0n) is 21.0. The average Bonchev–Trinajstić information content (AvgIpc) is 2.80. The Balaban J connectivity index is 1.53. The number of nitrogens with one attached hydrogen (secondary N) is 1.